The van der Waals surface area contributed by atoms with Crippen molar-refractivity contribution >= 4 is 35.6 Å². The highest BCUT2D eigenvalue weighted by molar-refractivity contribution is 6.39. The first kappa shape index (κ1) is 26.0. The van der Waals surface area contributed by atoms with Gasteiger partial charge in [0.15, 0.2) is 11.5 Å². The van der Waals surface area contributed by atoms with E-state index in [1.165, 1.54) is 25.3 Å². The molecule has 38 heavy (non-hydrogen) atoms. The van der Waals surface area contributed by atoms with Gasteiger partial charge in [-0.05, 0) is 72.7 Å². The standard InChI is InChI=1S/C28H24N2O8/c1-3-37-21-11-9-20(10-12-21)30-26(32)22(25(31)29-28(30)35)14-18-6-13-23(24(15-18)36-2)38-16-17-4-7-19(8-5-17)27(33)34/h4-15H,3,16H2,1-2H3,(H,33,34)(H,29,31,35). The maximum atomic E-state index is 13.2. The number of rotatable bonds is 9. The molecule has 2 N–H and O–H groups in total. The van der Waals surface area contributed by atoms with Gasteiger partial charge in [-0.2, -0.15) is 0 Å². The van der Waals surface area contributed by atoms with Gasteiger partial charge in [0.2, 0.25) is 0 Å². The third-order valence-electron chi connectivity index (χ3n) is 5.60. The van der Waals surface area contributed by atoms with Crippen LogP contribution in [0, 0.1) is 0 Å². The summed E-state index contributed by atoms with van der Waals surface area (Å²) in [4.78, 5) is 50.0. The van der Waals surface area contributed by atoms with E-state index in [0.29, 0.717) is 29.4 Å². The Balaban J connectivity index is 1.54. The molecule has 194 valence electrons. The van der Waals surface area contributed by atoms with Crippen LogP contribution in [-0.2, 0) is 16.2 Å². The topological polar surface area (TPSA) is 131 Å². The molecule has 10 heteroatoms. The van der Waals surface area contributed by atoms with E-state index in [1.54, 1.807) is 54.6 Å². The largest absolute Gasteiger partial charge is 0.494 e. The Morgan fingerprint density at radius 1 is 0.947 bits per heavy atom. The lowest BCUT2D eigenvalue weighted by molar-refractivity contribution is -0.122. The Kier molecular flexibility index (Phi) is 7.72. The minimum atomic E-state index is -1.01. The van der Waals surface area contributed by atoms with E-state index in [2.05, 4.69) is 5.32 Å². The van der Waals surface area contributed by atoms with Crippen molar-refractivity contribution in [3.8, 4) is 17.2 Å². The normalized spacial score (nSPS) is 14.3. The van der Waals surface area contributed by atoms with Gasteiger partial charge in [0.1, 0.15) is 17.9 Å². The number of ether oxygens (including phenoxy) is 3. The number of hydrogen-bond acceptors (Lipinski definition) is 7. The Labute approximate surface area is 218 Å². The van der Waals surface area contributed by atoms with Crippen LogP contribution in [0.3, 0.4) is 0 Å². The summed E-state index contributed by atoms with van der Waals surface area (Å²) in [5.74, 6) is -1.26. The number of carboxylic acid groups (broad SMARTS) is 1. The summed E-state index contributed by atoms with van der Waals surface area (Å²) < 4.78 is 16.6. The molecule has 1 saturated heterocycles. The fourth-order valence-corrected chi connectivity index (χ4v) is 3.71. The highest BCUT2D eigenvalue weighted by Crippen LogP contribution is 2.31. The number of nitrogens with one attached hydrogen (secondary N) is 1. The summed E-state index contributed by atoms with van der Waals surface area (Å²) in [6.45, 7) is 2.47. The maximum Gasteiger partial charge on any atom is 0.335 e. The average molecular weight is 517 g/mol. The zero-order valence-corrected chi connectivity index (χ0v) is 20.6. The van der Waals surface area contributed by atoms with Crippen molar-refractivity contribution < 1.29 is 38.5 Å². The van der Waals surface area contributed by atoms with Crippen LogP contribution in [0.2, 0.25) is 0 Å². The van der Waals surface area contributed by atoms with Crippen LogP contribution in [0.25, 0.3) is 6.08 Å². The van der Waals surface area contributed by atoms with E-state index < -0.39 is 23.8 Å². The number of carbonyl (C=O) groups excluding carboxylic acids is 3. The monoisotopic (exact) mass is 516 g/mol. The van der Waals surface area contributed by atoms with Crippen LogP contribution in [0.1, 0.15) is 28.4 Å². The van der Waals surface area contributed by atoms with Gasteiger partial charge in [0, 0.05) is 0 Å². The second-order valence-corrected chi connectivity index (χ2v) is 8.09. The quantitative estimate of drug-likeness (QED) is 0.322. The second-order valence-electron chi connectivity index (χ2n) is 8.09. The smallest absolute Gasteiger partial charge is 0.335 e. The molecule has 4 amide bonds. The molecule has 0 saturated carbocycles. The highest BCUT2D eigenvalue weighted by Gasteiger charge is 2.36. The van der Waals surface area contributed by atoms with Gasteiger partial charge >= 0.3 is 12.0 Å². The number of carboxylic acids is 1. The lowest BCUT2D eigenvalue weighted by Crippen LogP contribution is -2.54. The molecule has 0 radical (unpaired) electrons. The first-order valence-corrected chi connectivity index (χ1v) is 11.6. The Hall–Kier alpha value is -5.12. The van der Waals surface area contributed by atoms with E-state index in [9.17, 15) is 19.2 Å². The summed E-state index contributed by atoms with van der Waals surface area (Å²) in [6.07, 6.45) is 1.36. The number of nitrogens with zero attached hydrogens (tertiary/aromatic N) is 1. The van der Waals surface area contributed by atoms with E-state index in [-0.39, 0.29) is 23.4 Å². The summed E-state index contributed by atoms with van der Waals surface area (Å²) >= 11 is 0. The molecule has 3 aromatic rings. The summed E-state index contributed by atoms with van der Waals surface area (Å²) in [7, 11) is 1.45. The number of hydrogen-bond donors (Lipinski definition) is 2. The molecular weight excluding hydrogens is 492 g/mol. The zero-order valence-electron chi connectivity index (χ0n) is 20.6. The molecule has 1 heterocycles. The van der Waals surface area contributed by atoms with Gasteiger partial charge < -0.3 is 19.3 Å². The van der Waals surface area contributed by atoms with Gasteiger partial charge in [0.25, 0.3) is 11.8 Å². The number of aromatic carboxylic acids is 1. The van der Waals surface area contributed by atoms with Crippen molar-refractivity contribution in [2.45, 2.75) is 13.5 Å². The molecule has 4 rings (SSSR count). The first-order valence-electron chi connectivity index (χ1n) is 11.6. The van der Waals surface area contributed by atoms with Crippen molar-refractivity contribution in [1.29, 1.82) is 0 Å². The zero-order chi connectivity index (χ0) is 27.2. The van der Waals surface area contributed by atoms with Crippen molar-refractivity contribution in [3.63, 3.8) is 0 Å². The van der Waals surface area contributed by atoms with Crippen LogP contribution in [0.5, 0.6) is 17.2 Å². The molecule has 0 aliphatic carbocycles. The van der Waals surface area contributed by atoms with Crippen LogP contribution >= 0.6 is 0 Å². The van der Waals surface area contributed by atoms with Crippen LogP contribution < -0.4 is 24.4 Å². The van der Waals surface area contributed by atoms with Gasteiger partial charge in [-0.25, -0.2) is 14.5 Å². The van der Waals surface area contributed by atoms with Crippen LogP contribution in [-0.4, -0.2) is 42.6 Å². The number of imide groups is 2. The second kappa shape index (κ2) is 11.3. The lowest BCUT2D eigenvalue weighted by Gasteiger charge is -2.26. The third kappa shape index (κ3) is 5.65. The van der Waals surface area contributed by atoms with Crippen molar-refractivity contribution in [2.75, 3.05) is 18.6 Å². The van der Waals surface area contributed by atoms with E-state index >= 15 is 0 Å². The fraction of sp³-hybridized carbons (Fsp3) is 0.143. The average Bonchev–Trinajstić information content (AvgIpc) is 2.91. The Bertz CT molecular complexity index is 1410. The number of urea groups is 1. The van der Waals surface area contributed by atoms with E-state index in [4.69, 9.17) is 19.3 Å². The molecule has 0 atom stereocenters. The van der Waals surface area contributed by atoms with Gasteiger partial charge in [-0.1, -0.05) is 18.2 Å². The van der Waals surface area contributed by atoms with Crippen LogP contribution in [0.4, 0.5) is 10.5 Å². The summed E-state index contributed by atoms with van der Waals surface area (Å²) in [5.41, 5.74) is 1.46. The number of anilines is 1. The molecule has 3 aromatic carbocycles. The number of benzene rings is 3. The molecule has 1 fully saturated rings. The summed E-state index contributed by atoms with van der Waals surface area (Å²) in [5, 5.41) is 11.2. The minimum absolute atomic E-state index is 0.163. The third-order valence-corrected chi connectivity index (χ3v) is 5.60. The predicted octanol–water partition coefficient (Wildman–Crippen LogP) is 4.04. The lowest BCUT2D eigenvalue weighted by atomic mass is 10.1. The molecule has 0 aromatic heterocycles. The van der Waals surface area contributed by atoms with Gasteiger partial charge in [-0.3, -0.25) is 14.9 Å². The predicted molar refractivity (Wildman–Crippen MR) is 137 cm³/mol. The molecule has 0 unspecified atom stereocenters. The molecule has 0 spiro atoms. The Morgan fingerprint density at radius 2 is 1.66 bits per heavy atom. The van der Waals surface area contributed by atoms with Crippen molar-refractivity contribution in [1.82, 2.24) is 5.32 Å². The number of barbiturate groups is 1. The van der Waals surface area contributed by atoms with E-state index in [0.717, 1.165) is 10.5 Å². The van der Waals surface area contributed by atoms with Crippen molar-refractivity contribution in [2.24, 2.45) is 0 Å². The number of amides is 4. The first-order chi connectivity index (χ1) is 18.3. The molecule has 0 bridgehead atoms. The number of carbonyl (C=O) groups is 4. The number of methoxy groups -OCH3 is 1. The molecular formula is C28H24N2O8. The summed E-state index contributed by atoms with van der Waals surface area (Å²) in [6, 6.07) is 16.6. The Morgan fingerprint density at radius 3 is 2.29 bits per heavy atom. The molecule has 10 nitrogen and oxygen atoms in total. The van der Waals surface area contributed by atoms with Crippen molar-refractivity contribution in [3.05, 3.63) is 89.0 Å². The van der Waals surface area contributed by atoms with Gasteiger partial charge in [-0.15, -0.1) is 0 Å². The highest BCUT2D eigenvalue weighted by atomic mass is 16.5. The fourth-order valence-electron chi connectivity index (χ4n) is 3.71. The SMILES string of the molecule is CCOc1ccc(N2C(=O)NC(=O)C(=Cc3ccc(OCc4ccc(C(=O)O)cc4)c(OC)c3)C2=O)cc1. The maximum absolute atomic E-state index is 13.2. The van der Waals surface area contributed by atoms with Gasteiger partial charge in [0.05, 0.1) is 25.0 Å². The minimum Gasteiger partial charge on any atom is -0.494 e. The molecule has 1 aliphatic rings. The van der Waals surface area contributed by atoms with Crippen LogP contribution in [0.15, 0.2) is 72.3 Å². The molecule has 1 aliphatic heterocycles. The van der Waals surface area contributed by atoms with E-state index in [1.807, 2.05) is 6.92 Å².